The van der Waals surface area contributed by atoms with E-state index in [4.69, 9.17) is 14.5 Å². The zero-order valence-corrected chi connectivity index (χ0v) is 14.6. The van der Waals surface area contributed by atoms with Crippen molar-refractivity contribution < 1.29 is 9.47 Å². The third-order valence-corrected chi connectivity index (χ3v) is 4.83. The van der Waals surface area contributed by atoms with Crippen molar-refractivity contribution in [2.45, 2.75) is 39.5 Å². The lowest BCUT2D eigenvalue weighted by molar-refractivity contribution is -0.0374. The van der Waals surface area contributed by atoms with Gasteiger partial charge in [0, 0.05) is 31.6 Å². The average molecular weight is 337 g/mol. The first-order valence-electron chi connectivity index (χ1n) is 7.94. The van der Waals surface area contributed by atoms with Crippen LogP contribution >= 0.6 is 11.3 Å². The number of ether oxygens (including phenoxy) is 2. The maximum Gasteiger partial charge on any atom is 0.180 e. The number of rotatable bonds is 6. The van der Waals surface area contributed by atoms with E-state index in [1.165, 1.54) is 0 Å². The number of hydrogen-bond donors (Lipinski definition) is 1. The molecule has 8 heteroatoms. The van der Waals surface area contributed by atoms with E-state index >= 15 is 0 Å². The van der Waals surface area contributed by atoms with Gasteiger partial charge >= 0.3 is 0 Å². The molecule has 3 heterocycles. The van der Waals surface area contributed by atoms with Gasteiger partial charge in [-0.2, -0.15) is 5.10 Å². The van der Waals surface area contributed by atoms with Gasteiger partial charge in [0.15, 0.2) is 5.82 Å². The van der Waals surface area contributed by atoms with Crippen LogP contribution in [0.25, 0.3) is 0 Å². The Kier molecular flexibility index (Phi) is 5.37. The van der Waals surface area contributed by atoms with Crippen LogP contribution in [0.15, 0.2) is 5.38 Å². The summed E-state index contributed by atoms with van der Waals surface area (Å²) in [5, 5.41) is 10.2. The second-order valence-electron chi connectivity index (χ2n) is 5.65. The van der Waals surface area contributed by atoms with Gasteiger partial charge in [0.1, 0.15) is 23.0 Å². The summed E-state index contributed by atoms with van der Waals surface area (Å²) in [6, 6.07) is 0. The van der Waals surface area contributed by atoms with Gasteiger partial charge in [-0.15, -0.1) is 11.3 Å². The monoisotopic (exact) mass is 337 g/mol. The van der Waals surface area contributed by atoms with Gasteiger partial charge in [-0.1, -0.05) is 0 Å². The molecule has 2 aromatic heterocycles. The van der Waals surface area contributed by atoms with E-state index in [2.05, 4.69) is 25.5 Å². The normalized spacial score (nSPS) is 20.7. The smallest absolute Gasteiger partial charge is 0.180 e. The van der Waals surface area contributed by atoms with Crippen LogP contribution < -0.4 is 0 Å². The van der Waals surface area contributed by atoms with E-state index in [1.807, 2.05) is 20.8 Å². The van der Waals surface area contributed by atoms with Crippen molar-refractivity contribution in [3.05, 3.63) is 27.7 Å². The zero-order chi connectivity index (χ0) is 16.2. The number of aryl methyl sites for hydroxylation is 1. The molecule has 0 spiro atoms. The molecule has 0 saturated carbocycles. The van der Waals surface area contributed by atoms with E-state index in [9.17, 15) is 0 Å². The van der Waals surface area contributed by atoms with E-state index in [0.717, 1.165) is 42.0 Å². The molecule has 23 heavy (non-hydrogen) atoms. The van der Waals surface area contributed by atoms with Crippen LogP contribution in [-0.2, 0) is 16.0 Å². The Morgan fingerprint density at radius 2 is 2.39 bits per heavy atom. The molecule has 0 aliphatic carbocycles. The number of thiazole rings is 1. The molecule has 0 amide bonds. The molecule has 0 radical (unpaired) electrons. The summed E-state index contributed by atoms with van der Waals surface area (Å²) in [6.07, 6.45) is -0.0124. The predicted molar refractivity (Wildman–Crippen MR) is 87.2 cm³/mol. The summed E-state index contributed by atoms with van der Waals surface area (Å²) in [5.41, 5.74) is 1.09. The molecule has 2 aromatic rings. The topological polar surface area (TPSA) is 76.2 Å². The van der Waals surface area contributed by atoms with Crippen LogP contribution in [0.4, 0.5) is 0 Å². The maximum atomic E-state index is 5.80. The van der Waals surface area contributed by atoms with Gasteiger partial charge in [-0.25, -0.2) is 9.97 Å². The highest BCUT2D eigenvalue weighted by Crippen LogP contribution is 2.24. The van der Waals surface area contributed by atoms with Crippen molar-refractivity contribution >= 4 is 11.3 Å². The second-order valence-corrected chi connectivity index (χ2v) is 6.54. The molecule has 1 fully saturated rings. The lowest BCUT2D eigenvalue weighted by atomic mass is 10.2. The molecule has 0 bridgehead atoms. The summed E-state index contributed by atoms with van der Waals surface area (Å²) < 4.78 is 11.4. The largest absolute Gasteiger partial charge is 0.372 e. The number of aromatic amines is 1. The summed E-state index contributed by atoms with van der Waals surface area (Å²) in [7, 11) is 0. The fourth-order valence-electron chi connectivity index (χ4n) is 2.64. The zero-order valence-electron chi connectivity index (χ0n) is 13.8. The first-order chi connectivity index (χ1) is 11.2. The predicted octanol–water partition coefficient (Wildman–Crippen LogP) is 2.24. The fraction of sp³-hybridized carbons (Fsp3) is 0.667. The molecule has 0 aromatic carbocycles. The van der Waals surface area contributed by atoms with E-state index in [-0.39, 0.29) is 12.2 Å². The minimum atomic E-state index is -0.0749. The van der Waals surface area contributed by atoms with Crippen molar-refractivity contribution in [1.82, 2.24) is 25.1 Å². The molecule has 0 unspecified atom stereocenters. The molecule has 126 valence electrons. The Morgan fingerprint density at radius 3 is 3.13 bits per heavy atom. The van der Waals surface area contributed by atoms with Gasteiger partial charge in [0.2, 0.25) is 0 Å². The first kappa shape index (κ1) is 16.5. The number of nitrogens with one attached hydrogen (secondary N) is 1. The minimum Gasteiger partial charge on any atom is -0.372 e. The summed E-state index contributed by atoms with van der Waals surface area (Å²) >= 11 is 1.66. The van der Waals surface area contributed by atoms with Crippen molar-refractivity contribution in [2.24, 2.45) is 0 Å². The van der Waals surface area contributed by atoms with Gasteiger partial charge in [-0.05, 0) is 20.8 Å². The van der Waals surface area contributed by atoms with Crippen LogP contribution in [0.5, 0.6) is 0 Å². The molecular formula is C15H23N5O2S. The van der Waals surface area contributed by atoms with Crippen molar-refractivity contribution in [3.8, 4) is 0 Å². The van der Waals surface area contributed by atoms with Crippen LogP contribution in [0.3, 0.4) is 0 Å². The molecule has 3 rings (SSSR count). The SMILES string of the molecule is CCO[C@@H](C)c1nc(CN2CCO[C@H](c3n[nH]c(C)n3)C2)cs1. The van der Waals surface area contributed by atoms with E-state index in [1.54, 1.807) is 11.3 Å². The lowest BCUT2D eigenvalue weighted by Gasteiger charge is -2.31. The number of morpholine rings is 1. The highest BCUT2D eigenvalue weighted by Gasteiger charge is 2.25. The Bertz CT molecular complexity index is 629. The minimum absolute atomic E-state index is 0.0624. The van der Waals surface area contributed by atoms with E-state index in [0.29, 0.717) is 13.2 Å². The Morgan fingerprint density at radius 1 is 1.52 bits per heavy atom. The van der Waals surface area contributed by atoms with Crippen molar-refractivity contribution in [2.75, 3.05) is 26.3 Å². The lowest BCUT2D eigenvalue weighted by Crippen LogP contribution is -2.38. The molecule has 1 N–H and O–H groups in total. The third kappa shape index (κ3) is 4.14. The number of aromatic nitrogens is 4. The molecule has 7 nitrogen and oxygen atoms in total. The highest BCUT2D eigenvalue weighted by molar-refractivity contribution is 7.09. The summed E-state index contributed by atoms with van der Waals surface area (Å²) in [6.45, 7) is 9.83. The Labute approximate surface area is 140 Å². The Hall–Kier alpha value is -1.35. The van der Waals surface area contributed by atoms with Crippen molar-refractivity contribution in [3.63, 3.8) is 0 Å². The van der Waals surface area contributed by atoms with Gasteiger partial charge in [0.25, 0.3) is 0 Å². The van der Waals surface area contributed by atoms with Gasteiger partial charge in [-0.3, -0.25) is 10.00 Å². The maximum absolute atomic E-state index is 5.80. The molecule has 1 aliphatic rings. The molecule has 1 aliphatic heterocycles. The fourth-order valence-corrected chi connectivity index (χ4v) is 3.45. The van der Waals surface area contributed by atoms with Gasteiger partial charge in [0.05, 0.1) is 12.3 Å². The summed E-state index contributed by atoms with van der Waals surface area (Å²) in [5.74, 6) is 1.55. The van der Waals surface area contributed by atoms with Crippen LogP contribution in [0.1, 0.15) is 48.4 Å². The molecule has 2 atom stereocenters. The standard InChI is InChI=1S/C15H23N5O2S/c1-4-21-10(2)15-17-12(9-23-15)7-20-5-6-22-13(8-20)14-16-11(3)18-19-14/h9-10,13H,4-8H2,1-3H3,(H,16,18,19)/t10-,13-/m0/s1. The van der Waals surface area contributed by atoms with Gasteiger partial charge < -0.3 is 9.47 Å². The average Bonchev–Trinajstić information content (AvgIpc) is 3.17. The van der Waals surface area contributed by atoms with Crippen molar-refractivity contribution in [1.29, 1.82) is 0 Å². The number of H-pyrrole nitrogens is 1. The summed E-state index contributed by atoms with van der Waals surface area (Å²) in [4.78, 5) is 11.4. The second kappa shape index (κ2) is 7.48. The molecular weight excluding hydrogens is 314 g/mol. The number of hydrogen-bond acceptors (Lipinski definition) is 7. The number of nitrogens with zero attached hydrogens (tertiary/aromatic N) is 4. The molecule has 1 saturated heterocycles. The highest BCUT2D eigenvalue weighted by atomic mass is 32.1. The van der Waals surface area contributed by atoms with Crippen LogP contribution in [0.2, 0.25) is 0 Å². The van der Waals surface area contributed by atoms with Crippen LogP contribution in [-0.4, -0.2) is 51.4 Å². The quantitative estimate of drug-likeness (QED) is 0.871. The first-order valence-corrected chi connectivity index (χ1v) is 8.82. The third-order valence-electron chi connectivity index (χ3n) is 3.77. The van der Waals surface area contributed by atoms with Crippen LogP contribution in [0, 0.1) is 6.92 Å². The Balaban J connectivity index is 1.59. The van der Waals surface area contributed by atoms with E-state index < -0.39 is 0 Å².